The van der Waals surface area contributed by atoms with Crippen LogP contribution >= 0.6 is 0 Å². The van der Waals surface area contributed by atoms with Gasteiger partial charge in [-0.05, 0) is 30.9 Å². The van der Waals surface area contributed by atoms with E-state index in [9.17, 15) is 4.39 Å². The molecule has 3 rings (SSSR count). The van der Waals surface area contributed by atoms with Crippen LogP contribution in [-0.4, -0.2) is 15.0 Å². The van der Waals surface area contributed by atoms with Crippen molar-refractivity contribution in [3.8, 4) is 6.07 Å². The van der Waals surface area contributed by atoms with Gasteiger partial charge in [0.1, 0.15) is 28.5 Å². The Bertz CT molecular complexity index is 607. The van der Waals surface area contributed by atoms with Crippen LogP contribution in [0.4, 0.5) is 4.39 Å². The highest BCUT2D eigenvalue weighted by Crippen LogP contribution is 2.29. The average Bonchev–Trinajstić information content (AvgIpc) is 2.67. The van der Waals surface area contributed by atoms with Crippen molar-refractivity contribution in [3.63, 3.8) is 0 Å². The van der Waals surface area contributed by atoms with Gasteiger partial charge in [0.05, 0.1) is 0 Å². The van der Waals surface area contributed by atoms with E-state index < -0.39 is 5.82 Å². The largest absolute Gasteiger partial charge is 0.243 e. The summed E-state index contributed by atoms with van der Waals surface area (Å²) in [7, 11) is 0. The number of nitrogens with zero attached hydrogens (tertiary/aromatic N) is 4. The minimum Gasteiger partial charge on any atom is -0.243 e. The molecule has 0 N–H and O–H groups in total. The average molecular weight is 230 g/mol. The molecule has 4 nitrogen and oxygen atoms in total. The zero-order chi connectivity index (χ0) is 11.8. The van der Waals surface area contributed by atoms with E-state index in [1.165, 1.54) is 25.3 Å². The van der Waals surface area contributed by atoms with Gasteiger partial charge in [-0.3, -0.25) is 0 Å². The molecule has 1 aliphatic rings. The third-order valence-electron chi connectivity index (χ3n) is 3.39. The monoisotopic (exact) mass is 230 g/mol. The number of hydrogen-bond donors (Lipinski definition) is 0. The summed E-state index contributed by atoms with van der Waals surface area (Å²) >= 11 is 0. The highest BCUT2D eigenvalue weighted by atomic mass is 19.1. The van der Waals surface area contributed by atoms with Crippen LogP contribution in [0.5, 0.6) is 0 Å². The van der Waals surface area contributed by atoms with Crippen molar-refractivity contribution in [2.75, 3.05) is 0 Å². The first-order valence-electron chi connectivity index (χ1n) is 5.71. The molecule has 1 heterocycles. The summed E-state index contributed by atoms with van der Waals surface area (Å²) in [5.74, 6) is 0.0897. The van der Waals surface area contributed by atoms with Gasteiger partial charge >= 0.3 is 0 Å². The molecule has 0 atom stereocenters. The summed E-state index contributed by atoms with van der Waals surface area (Å²) < 4.78 is 15.2. The Morgan fingerprint density at radius 3 is 2.94 bits per heavy atom. The molecule has 0 spiro atoms. The second-order valence-corrected chi connectivity index (χ2v) is 4.47. The molecule has 2 aromatic rings. The Balaban J connectivity index is 2.12. The van der Waals surface area contributed by atoms with Crippen molar-refractivity contribution in [2.45, 2.75) is 25.8 Å². The molecule has 1 aliphatic carbocycles. The van der Waals surface area contributed by atoms with E-state index in [0.717, 1.165) is 6.54 Å². The van der Waals surface area contributed by atoms with E-state index in [1.54, 1.807) is 10.7 Å². The van der Waals surface area contributed by atoms with Crippen molar-refractivity contribution >= 4 is 11.0 Å². The number of hydrogen-bond acceptors (Lipinski definition) is 3. The minimum atomic E-state index is -0.503. The lowest BCUT2D eigenvalue weighted by atomic mass is 9.85. The molecule has 0 radical (unpaired) electrons. The second-order valence-electron chi connectivity index (χ2n) is 4.47. The van der Waals surface area contributed by atoms with Crippen LogP contribution in [0.2, 0.25) is 0 Å². The molecule has 86 valence electrons. The molecule has 5 heteroatoms. The van der Waals surface area contributed by atoms with E-state index in [0.29, 0.717) is 17.0 Å². The molecule has 1 aromatic carbocycles. The fourth-order valence-electron chi connectivity index (χ4n) is 2.20. The Morgan fingerprint density at radius 2 is 2.29 bits per heavy atom. The lowest BCUT2D eigenvalue weighted by Gasteiger charge is -2.24. The summed E-state index contributed by atoms with van der Waals surface area (Å²) in [5.41, 5.74) is 1.16. The third kappa shape index (κ3) is 1.57. The normalized spacial score (nSPS) is 15.8. The molecular formula is C12H11FN4. The molecule has 0 unspecified atom stereocenters. The molecule has 0 bridgehead atoms. The molecule has 0 amide bonds. The van der Waals surface area contributed by atoms with Gasteiger partial charge in [0.2, 0.25) is 0 Å². The molecule has 1 aromatic heterocycles. The van der Waals surface area contributed by atoms with Crippen LogP contribution < -0.4 is 0 Å². The van der Waals surface area contributed by atoms with Crippen molar-refractivity contribution in [2.24, 2.45) is 5.92 Å². The third-order valence-corrected chi connectivity index (χ3v) is 3.39. The van der Waals surface area contributed by atoms with E-state index in [4.69, 9.17) is 5.26 Å². The number of halogens is 1. The van der Waals surface area contributed by atoms with Crippen LogP contribution in [-0.2, 0) is 6.54 Å². The van der Waals surface area contributed by atoms with Crippen LogP contribution in [0.25, 0.3) is 11.0 Å². The summed E-state index contributed by atoms with van der Waals surface area (Å²) in [6.07, 6.45) is 3.61. The van der Waals surface area contributed by atoms with Gasteiger partial charge < -0.3 is 0 Å². The fraction of sp³-hybridized carbons (Fsp3) is 0.417. The maximum absolute atomic E-state index is 13.5. The fourth-order valence-corrected chi connectivity index (χ4v) is 2.20. The molecular weight excluding hydrogens is 219 g/mol. The summed E-state index contributed by atoms with van der Waals surface area (Å²) in [4.78, 5) is 0. The quantitative estimate of drug-likeness (QED) is 0.795. The van der Waals surface area contributed by atoms with Gasteiger partial charge in [0, 0.05) is 6.54 Å². The van der Waals surface area contributed by atoms with Gasteiger partial charge in [0.25, 0.3) is 0 Å². The number of nitriles is 1. The highest BCUT2D eigenvalue weighted by Gasteiger charge is 2.21. The van der Waals surface area contributed by atoms with Gasteiger partial charge in [-0.15, -0.1) is 5.10 Å². The summed E-state index contributed by atoms with van der Waals surface area (Å²) in [5, 5.41) is 17.0. The first-order valence-corrected chi connectivity index (χ1v) is 5.71. The van der Waals surface area contributed by atoms with Crippen molar-refractivity contribution in [3.05, 3.63) is 23.5 Å². The molecule has 0 aliphatic heterocycles. The SMILES string of the molecule is N#Cc1c(F)ccc2nnn(CC3CCC3)c12. The van der Waals surface area contributed by atoms with E-state index in [1.807, 2.05) is 6.07 Å². The van der Waals surface area contributed by atoms with Crippen LogP contribution in [0.3, 0.4) is 0 Å². The van der Waals surface area contributed by atoms with Gasteiger partial charge in [-0.2, -0.15) is 5.26 Å². The van der Waals surface area contributed by atoms with E-state index in [2.05, 4.69) is 10.3 Å². The zero-order valence-electron chi connectivity index (χ0n) is 9.23. The Morgan fingerprint density at radius 1 is 1.47 bits per heavy atom. The van der Waals surface area contributed by atoms with Crippen molar-refractivity contribution in [1.82, 2.24) is 15.0 Å². The summed E-state index contributed by atoms with van der Waals surface area (Å²) in [6, 6.07) is 4.73. The van der Waals surface area contributed by atoms with Crippen molar-refractivity contribution < 1.29 is 4.39 Å². The zero-order valence-corrected chi connectivity index (χ0v) is 9.23. The number of rotatable bonds is 2. The van der Waals surface area contributed by atoms with E-state index in [-0.39, 0.29) is 5.56 Å². The van der Waals surface area contributed by atoms with E-state index >= 15 is 0 Å². The molecule has 1 fully saturated rings. The van der Waals surface area contributed by atoms with Gasteiger partial charge in [-0.25, -0.2) is 9.07 Å². The highest BCUT2D eigenvalue weighted by molar-refractivity contribution is 5.81. The summed E-state index contributed by atoms with van der Waals surface area (Å²) in [6.45, 7) is 0.731. The standard InChI is InChI=1S/C12H11FN4/c13-10-4-5-11-12(9(10)6-14)17(16-15-11)7-8-2-1-3-8/h4-5,8H,1-3,7H2. The van der Waals surface area contributed by atoms with Gasteiger partial charge in [0.15, 0.2) is 0 Å². The van der Waals surface area contributed by atoms with Crippen LogP contribution in [0.1, 0.15) is 24.8 Å². The van der Waals surface area contributed by atoms with Gasteiger partial charge in [-0.1, -0.05) is 11.6 Å². The Labute approximate surface area is 97.7 Å². The topological polar surface area (TPSA) is 54.5 Å². The molecule has 0 saturated heterocycles. The lowest BCUT2D eigenvalue weighted by Crippen LogP contribution is -2.19. The van der Waals surface area contributed by atoms with Crippen LogP contribution in [0.15, 0.2) is 12.1 Å². The van der Waals surface area contributed by atoms with Crippen molar-refractivity contribution in [1.29, 1.82) is 5.26 Å². The maximum Gasteiger partial charge on any atom is 0.143 e. The second kappa shape index (κ2) is 3.81. The number of fused-ring (bicyclic) bond motifs is 1. The molecule has 17 heavy (non-hydrogen) atoms. The Kier molecular flexibility index (Phi) is 2.29. The predicted molar refractivity (Wildman–Crippen MR) is 59.5 cm³/mol. The Hall–Kier alpha value is -1.96. The predicted octanol–water partition coefficient (Wildman–Crippen LogP) is 2.24. The first kappa shape index (κ1) is 10.2. The maximum atomic E-state index is 13.5. The minimum absolute atomic E-state index is 0.0480. The molecule has 1 saturated carbocycles. The van der Waals surface area contributed by atoms with Crippen LogP contribution in [0, 0.1) is 23.1 Å². The first-order chi connectivity index (χ1) is 8.29. The smallest absolute Gasteiger partial charge is 0.143 e. The number of aromatic nitrogens is 3. The number of benzene rings is 1. The lowest BCUT2D eigenvalue weighted by molar-refractivity contribution is 0.267.